The summed E-state index contributed by atoms with van der Waals surface area (Å²) in [6.07, 6.45) is 6.75. The van der Waals surface area contributed by atoms with Crippen LogP contribution >= 0.6 is 0 Å². The molecule has 1 aliphatic heterocycles. The van der Waals surface area contributed by atoms with Crippen LogP contribution < -0.4 is 0 Å². The van der Waals surface area contributed by atoms with Crippen LogP contribution in [0.2, 0.25) is 0 Å². The highest BCUT2D eigenvalue weighted by Gasteiger charge is 2.35. The van der Waals surface area contributed by atoms with Crippen LogP contribution in [0.3, 0.4) is 0 Å². The van der Waals surface area contributed by atoms with Gasteiger partial charge in [0.2, 0.25) is 0 Å². The molecule has 0 unspecified atom stereocenters. The molecule has 0 aromatic carbocycles. The monoisotopic (exact) mass is 287 g/mol. The lowest BCUT2D eigenvalue weighted by Gasteiger charge is -2.23. The van der Waals surface area contributed by atoms with Crippen LogP contribution in [0.1, 0.15) is 29.4 Å². The zero-order valence-electron chi connectivity index (χ0n) is 12.7. The Kier molecular flexibility index (Phi) is 3.98. The van der Waals surface area contributed by atoms with Crippen molar-refractivity contribution in [2.24, 2.45) is 7.05 Å². The number of hydrogen-bond acceptors (Lipinski definition) is 5. The van der Waals surface area contributed by atoms with Crippen LogP contribution in [0.5, 0.6) is 0 Å². The van der Waals surface area contributed by atoms with Crippen molar-refractivity contribution in [1.82, 2.24) is 24.6 Å². The smallest absolute Gasteiger partial charge is 0.150 e. The van der Waals surface area contributed by atoms with E-state index in [9.17, 15) is 0 Å². The third-order valence-electron chi connectivity index (χ3n) is 4.06. The zero-order chi connectivity index (χ0) is 14.8. The Morgan fingerprint density at radius 3 is 2.90 bits per heavy atom. The maximum atomic E-state index is 5.56. The van der Waals surface area contributed by atoms with Crippen molar-refractivity contribution in [3.63, 3.8) is 0 Å². The van der Waals surface area contributed by atoms with Gasteiger partial charge in [-0.2, -0.15) is 0 Å². The number of methoxy groups -OCH3 is 1. The minimum atomic E-state index is 0.239. The van der Waals surface area contributed by atoms with Gasteiger partial charge in [-0.25, -0.2) is 0 Å². The number of hydrogen-bond donors (Lipinski definition) is 0. The fourth-order valence-electron chi connectivity index (χ4n) is 3.01. The summed E-state index contributed by atoms with van der Waals surface area (Å²) in [6.45, 7) is 3.83. The number of ether oxygens (including phenoxy) is 1. The van der Waals surface area contributed by atoms with Crippen LogP contribution in [0.15, 0.2) is 24.8 Å². The van der Waals surface area contributed by atoms with Crippen molar-refractivity contribution in [2.45, 2.75) is 32.0 Å². The van der Waals surface area contributed by atoms with E-state index in [1.165, 1.54) is 11.1 Å². The largest absolute Gasteiger partial charge is 0.380 e. The van der Waals surface area contributed by atoms with Crippen molar-refractivity contribution in [3.8, 4) is 0 Å². The Morgan fingerprint density at radius 2 is 2.24 bits per heavy atom. The Hall–Kier alpha value is -1.79. The average Bonchev–Trinajstić information content (AvgIpc) is 3.05. The highest BCUT2D eigenvalue weighted by atomic mass is 16.5. The van der Waals surface area contributed by atoms with Crippen LogP contribution in [-0.4, -0.2) is 44.4 Å². The molecule has 1 fully saturated rings. The molecule has 112 valence electrons. The predicted molar refractivity (Wildman–Crippen MR) is 78.5 cm³/mol. The number of aromatic nitrogens is 4. The Labute approximate surface area is 124 Å². The molecule has 1 saturated heterocycles. The molecule has 0 aliphatic carbocycles. The van der Waals surface area contributed by atoms with Crippen molar-refractivity contribution in [1.29, 1.82) is 0 Å². The fraction of sp³-hybridized carbons (Fsp3) is 0.533. The van der Waals surface area contributed by atoms with E-state index in [4.69, 9.17) is 4.74 Å². The maximum absolute atomic E-state index is 5.56. The summed E-state index contributed by atoms with van der Waals surface area (Å²) in [6, 6.07) is 2.42. The number of aryl methyl sites for hydroxylation is 2. The highest BCUT2D eigenvalue weighted by molar-refractivity contribution is 5.17. The van der Waals surface area contributed by atoms with E-state index in [0.29, 0.717) is 0 Å². The number of likely N-dealkylation sites (tertiary alicyclic amines) is 1. The van der Waals surface area contributed by atoms with Crippen LogP contribution in [0.25, 0.3) is 0 Å². The molecule has 2 aromatic heterocycles. The van der Waals surface area contributed by atoms with Gasteiger partial charge < -0.3 is 9.30 Å². The SMILES string of the molecule is CO[C@@H]1C[C@@H](c2nncn2C)N(Cc2cncc(C)c2)C1. The molecule has 6 nitrogen and oxygen atoms in total. The third-order valence-corrected chi connectivity index (χ3v) is 4.06. The van der Waals surface area contributed by atoms with Gasteiger partial charge in [0.05, 0.1) is 12.1 Å². The molecular formula is C15H21N5O. The molecule has 0 radical (unpaired) electrons. The molecule has 2 atom stereocenters. The summed E-state index contributed by atoms with van der Waals surface area (Å²) in [7, 11) is 3.76. The average molecular weight is 287 g/mol. The van der Waals surface area contributed by atoms with Crippen molar-refractivity contribution in [3.05, 3.63) is 41.7 Å². The molecule has 21 heavy (non-hydrogen) atoms. The molecule has 0 bridgehead atoms. The summed E-state index contributed by atoms with van der Waals surface area (Å²) in [5.74, 6) is 0.996. The second kappa shape index (κ2) is 5.91. The lowest BCUT2D eigenvalue weighted by atomic mass is 10.1. The number of pyridine rings is 1. The predicted octanol–water partition coefficient (Wildman–Crippen LogP) is 1.48. The first-order valence-corrected chi connectivity index (χ1v) is 7.18. The summed E-state index contributed by atoms with van der Waals surface area (Å²) >= 11 is 0. The normalized spacial score (nSPS) is 22.8. The van der Waals surface area contributed by atoms with Gasteiger partial charge in [0.1, 0.15) is 12.2 Å². The second-order valence-electron chi connectivity index (χ2n) is 5.71. The molecular weight excluding hydrogens is 266 g/mol. The van der Waals surface area contributed by atoms with E-state index >= 15 is 0 Å². The van der Waals surface area contributed by atoms with E-state index in [1.807, 2.05) is 24.0 Å². The fourth-order valence-corrected chi connectivity index (χ4v) is 3.01. The lowest BCUT2D eigenvalue weighted by Crippen LogP contribution is -2.26. The Morgan fingerprint density at radius 1 is 1.38 bits per heavy atom. The maximum Gasteiger partial charge on any atom is 0.150 e. The lowest BCUT2D eigenvalue weighted by molar-refractivity contribution is 0.107. The summed E-state index contributed by atoms with van der Waals surface area (Å²) in [4.78, 5) is 6.68. The minimum absolute atomic E-state index is 0.239. The summed E-state index contributed by atoms with van der Waals surface area (Å²) in [5, 5.41) is 8.28. The molecule has 0 saturated carbocycles. The van der Waals surface area contributed by atoms with Crippen LogP contribution in [-0.2, 0) is 18.3 Å². The quantitative estimate of drug-likeness (QED) is 0.852. The van der Waals surface area contributed by atoms with E-state index in [-0.39, 0.29) is 12.1 Å². The first kappa shape index (κ1) is 14.2. The van der Waals surface area contributed by atoms with Crippen LogP contribution in [0.4, 0.5) is 0 Å². The van der Waals surface area contributed by atoms with Gasteiger partial charge in [-0.1, -0.05) is 6.07 Å². The van der Waals surface area contributed by atoms with Gasteiger partial charge >= 0.3 is 0 Å². The second-order valence-corrected chi connectivity index (χ2v) is 5.71. The molecule has 3 heterocycles. The van der Waals surface area contributed by atoms with E-state index in [0.717, 1.165) is 25.3 Å². The molecule has 6 heteroatoms. The highest BCUT2D eigenvalue weighted by Crippen LogP contribution is 2.33. The first-order chi connectivity index (χ1) is 10.2. The van der Waals surface area contributed by atoms with Crippen molar-refractivity contribution in [2.75, 3.05) is 13.7 Å². The van der Waals surface area contributed by atoms with E-state index < -0.39 is 0 Å². The van der Waals surface area contributed by atoms with E-state index in [1.54, 1.807) is 13.4 Å². The minimum Gasteiger partial charge on any atom is -0.380 e. The molecule has 0 spiro atoms. The summed E-state index contributed by atoms with van der Waals surface area (Å²) < 4.78 is 7.55. The van der Waals surface area contributed by atoms with Crippen molar-refractivity contribution < 1.29 is 4.74 Å². The topological polar surface area (TPSA) is 56.1 Å². The zero-order valence-corrected chi connectivity index (χ0v) is 12.7. The van der Waals surface area contributed by atoms with Crippen LogP contribution in [0, 0.1) is 6.92 Å². The first-order valence-electron chi connectivity index (χ1n) is 7.18. The van der Waals surface area contributed by atoms with Gasteiger partial charge in [0.15, 0.2) is 0 Å². The molecule has 0 amide bonds. The van der Waals surface area contributed by atoms with E-state index in [2.05, 4.69) is 33.1 Å². The van der Waals surface area contributed by atoms with Gasteiger partial charge in [-0.05, 0) is 24.5 Å². The van der Waals surface area contributed by atoms with Gasteiger partial charge in [-0.15, -0.1) is 10.2 Å². The molecule has 1 aliphatic rings. The molecule has 2 aromatic rings. The van der Waals surface area contributed by atoms with Gasteiger partial charge in [-0.3, -0.25) is 9.88 Å². The third kappa shape index (κ3) is 2.96. The Balaban J connectivity index is 1.82. The summed E-state index contributed by atoms with van der Waals surface area (Å²) in [5.41, 5.74) is 2.41. The molecule has 3 rings (SSSR count). The van der Waals surface area contributed by atoms with Gasteiger partial charge in [0, 0.05) is 39.6 Å². The Bertz CT molecular complexity index is 612. The standard InChI is InChI=1S/C15H21N5O/c1-11-4-12(7-16-6-11)8-20-9-13(21-3)5-14(20)15-18-17-10-19(15)2/h4,6-7,10,13-14H,5,8-9H2,1-3H3/t13-,14+/m1/s1. The number of nitrogens with zero attached hydrogens (tertiary/aromatic N) is 5. The number of rotatable bonds is 4. The van der Waals surface area contributed by atoms with Crippen molar-refractivity contribution >= 4 is 0 Å². The van der Waals surface area contributed by atoms with Gasteiger partial charge in [0.25, 0.3) is 0 Å². The molecule has 0 N–H and O–H groups in total.